The van der Waals surface area contributed by atoms with E-state index in [9.17, 15) is 19.1 Å². The van der Waals surface area contributed by atoms with Crippen LogP contribution in [0.5, 0.6) is 5.75 Å². The summed E-state index contributed by atoms with van der Waals surface area (Å²) in [5.41, 5.74) is 0.700. The van der Waals surface area contributed by atoms with Crippen LogP contribution < -0.4 is 16.0 Å². The van der Waals surface area contributed by atoms with Gasteiger partial charge in [-0.25, -0.2) is 9.37 Å². The Hall–Kier alpha value is -3.75. The number of pyridine rings is 2. The van der Waals surface area contributed by atoms with Gasteiger partial charge in [-0.1, -0.05) is 6.07 Å². The lowest BCUT2D eigenvalue weighted by Gasteiger charge is -2.13. The van der Waals surface area contributed by atoms with Gasteiger partial charge in [0.1, 0.15) is 17.2 Å². The molecule has 8 nitrogen and oxygen atoms in total. The molecular weight excluding hydrogens is 389 g/mol. The van der Waals surface area contributed by atoms with Crippen LogP contribution in [-0.4, -0.2) is 40.0 Å². The van der Waals surface area contributed by atoms with E-state index in [1.165, 1.54) is 18.3 Å². The first-order valence-electron chi connectivity index (χ1n) is 9.61. The van der Waals surface area contributed by atoms with Crippen LogP contribution in [0, 0.1) is 5.82 Å². The molecule has 2 aromatic heterocycles. The van der Waals surface area contributed by atoms with E-state index in [-0.39, 0.29) is 29.1 Å². The van der Waals surface area contributed by atoms with E-state index < -0.39 is 17.6 Å². The third-order valence-corrected chi connectivity index (χ3v) is 4.89. The number of rotatable bonds is 0. The molecule has 1 aromatic carbocycles. The Bertz CT molecular complexity index is 1140. The van der Waals surface area contributed by atoms with Crippen molar-refractivity contribution < 1.29 is 19.1 Å². The second-order valence-corrected chi connectivity index (χ2v) is 6.93. The van der Waals surface area contributed by atoms with Crippen LogP contribution in [0.2, 0.25) is 0 Å². The van der Waals surface area contributed by atoms with Crippen LogP contribution >= 0.6 is 0 Å². The number of amides is 2. The number of carbonyl (C=O) groups excluding carboxylic acids is 2. The average molecular weight is 409 g/mol. The van der Waals surface area contributed by atoms with Crippen molar-refractivity contribution in [3.63, 3.8) is 0 Å². The van der Waals surface area contributed by atoms with E-state index in [4.69, 9.17) is 0 Å². The first-order chi connectivity index (χ1) is 14.5. The minimum absolute atomic E-state index is 0.0357. The molecule has 0 radical (unpaired) electrons. The highest BCUT2D eigenvalue weighted by atomic mass is 19.1. The van der Waals surface area contributed by atoms with Crippen LogP contribution in [0.4, 0.5) is 10.2 Å². The molecule has 4 rings (SSSR count). The average Bonchev–Trinajstić information content (AvgIpc) is 2.76. The lowest BCUT2D eigenvalue weighted by Crippen LogP contribution is -2.28. The number of carbonyl (C=O) groups is 2. The van der Waals surface area contributed by atoms with Crippen molar-refractivity contribution in [1.82, 2.24) is 20.6 Å². The van der Waals surface area contributed by atoms with Crippen LogP contribution in [0.15, 0.2) is 36.5 Å². The molecule has 0 saturated carbocycles. The molecular formula is C21H20FN5O3. The first-order valence-corrected chi connectivity index (χ1v) is 9.61. The van der Waals surface area contributed by atoms with E-state index in [1.807, 2.05) is 0 Å². The fraction of sp³-hybridized carbons (Fsp3) is 0.238. The van der Waals surface area contributed by atoms with E-state index in [2.05, 4.69) is 25.9 Å². The van der Waals surface area contributed by atoms with Crippen molar-refractivity contribution in [3.8, 4) is 5.75 Å². The first kappa shape index (κ1) is 19.6. The van der Waals surface area contributed by atoms with Crippen molar-refractivity contribution in [2.75, 3.05) is 18.4 Å². The smallest absolute Gasteiger partial charge is 0.274 e. The van der Waals surface area contributed by atoms with Gasteiger partial charge in [0.05, 0.1) is 0 Å². The molecule has 1 aliphatic heterocycles. The summed E-state index contributed by atoms with van der Waals surface area (Å²) >= 11 is 0. The highest BCUT2D eigenvalue weighted by Gasteiger charge is 2.21. The number of hydrogen-bond acceptors (Lipinski definition) is 6. The van der Waals surface area contributed by atoms with Gasteiger partial charge in [-0.05, 0) is 42.7 Å². The zero-order valence-corrected chi connectivity index (χ0v) is 16.0. The Labute approximate surface area is 171 Å². The van der Waals surface area contributed by atoms with Gasteiger partial charge < -0.3 is 21.1 Å². The summed E-state index contributed by atoms with van der Waals surface area (Å²) in [4.78, 5) is 33.8. The Morgan fingerprint density at radius 1 is 1.00 bits per heavy atom. The quantitative estimate of drug-likeness (QED) is 0.453. The van der Waals surface area contributed by atoms with Gasteiger partial charge in [0.2, 0.25) is 0 Å². The molecule has 0 atom stereocenters. The van der Waals surface area contributed by atoms with E-state index in [0.717, 1.165) is 12.5 Å². The largest absolute Gasteiger partial charge is 0.504 e. The molecule has 0 saturated heterocycles. The highest BCUT2D eigenvalue weighted by molar-refractivity contribution is 6.04. The van der Waals surface area contributed by atoms with E-state index >= 15 is 0 Å². The number of hydrogen-bond donors (Lipinski definition) is 4. The molecule has 4 N–H and O–H groups in total. The topological polar surface area (TPSA) is 116 Å². The number of halogens is 1. The number of anilines is 1. The Morgan fingerprint density at radius 2 is 1.80 bits per heavy atom. The Morgan fingerprint density at radius 3 is 2.63 bits per heavy atom. The predicted molar refractivity (Wildman–Crippen MR) is 109 cm³/mol. The maximum atomic E-state index is 13.7. The number of aromatic hydroxyl groups is 1. The van der Waals surface area contributed by atoms with Gasteiger partial charge in [0.15, 0.2) is 11.4 Å². The summed E-state index contributed by atoms with van der Waals surface area (Å²) in [6.07, 6.45) is 2.95. The van der Waals surface area contributed by atoms with Crippen LogP contribution in [0.3, 0.4) is 0 Å². The maximum absolute atomic E-state index is 13.7. The molecule has 2 bridgehead atoms. The maximum Gasteiger partial charge on any atom is 0.274 e. The van der Waals surface area contributed by atoms with Crippen LogP contribution in [0.25, 0.3) is 10.9 Å². The molecule has 30 heavy (non-hydrogen) atoms. The molecule has 0 fully saturated rings. The fourth-order valence-electron chi connectivity index (χ4n) is 3.34. The zero-order chi connectivity index (χ0) is 21.1. The van der Waals surface area contributed by atoms with Crippen molar-refractivity contribution in [1.29, 1.82) is 0 Å². The molecule has 154 valence electrons. The summed E-state index contributed by atoms with van der Waals surface area (Å²) in [7, 11) is 0. The molecule has 1 aliphatic rings. The Kier molecular flexibility index (Phi) is 5.42. The second-order valence-electron chi connectivity index (χ2n) is 6.93. The summed E-state index contributed by atoms with van der Waals surface area (Å²) in [5, 5.41) is 19.8. The predicted octanol–water partition coefficient (Wildman–Crippen LogP) is 2.34. The third-order valence-electron chi connectivity index (χ3n) is 4.89. The van der Waals surface area contributed by atoms with E-state index in [1.54, 1.807) is 12.1 Å². The standard InChI is InChI=1S/C21H20FN5O3/c22-13-6-5-12-11-26-21(30)17-18(28)16-14(4-3-9-23-16)19(27-17)24-7-1-2-8-25-20(29)15(12)10-13/h3-6,9-10,28H,1-2,7-8,11H2,(H,24,27)(H,25,29)(H,26,30). The molecule has 9 heteroatoms. The lowest BCUT2D eigenvalue weighted by molar-refractivity contribution is 0.0931. The van der Waals surface area contributed by atoms with Crippen LogP contribution in [-0.2, 0) is 6.54 Å². The highest BCUT2D eigenvalue weighted by Crippen LogP contribution is 2.30. The van der Waals surface area contributed by atoms with Crippen molar-refractivity contribution in [2.24, 2.45) is 0 Å². The van der Waals surface area contributed by atoms with Gasteiger partial charge in [0, 0.05) is 36.8 Å². The fourth-order valence-corrected chi connectivity index (χ4v) is 3.34. The van der Waals surface area contributed by atoms with Crippen molar-refractivity contribution in [3.05, 3.63) is 59.2 Å². The monoisotopic (exact) mass is 409 g/mol. The molecule has 0 unspecified atom stereocenters. The van der Waals surface area contributed by atoms with Gasteiger partial charge >= 0.3 is 0 Å². The summed E-state index contributed by atoms with van der Waals surface area (Å²) in [6, 6.07) is 7.31. The summed E-state index contributed by atoms with van der Waals surface area (Å²) in [5.74, 6) is -1.45. The van der Waals surface area contributed by atoms with E-state index in [0.29, 0.717) is 36.3 Å². The number of nitrogens with zero attached hydrogens (tertiary/aromatic N) is 2. The van der Waals surface area contributed by atoms with Gasteiger partial charge in [-0.3, -0.25) is 14.6 Å². The summed E-state index contributed by atoms with van der Waals surface area (Å²) < 4.78 is 13.7. The normalized spacial score (nSPS) is 15.2. The second kappa shape index (κ2) is 8.32. The number of fused-ring (bicyclic) bond motifs is 5. The van der Waals surface area contributed by atoms with Gasteiger partial charge in [-0.15, -0.1) is 0 Å². The van der Waals surface area contributed by atoms with Gasteiger partial charge in [0.25, 0.3) is 11.8 Å². The molecule has 0 spiro atoms. The number of aromatic nitrogens is 2. The molecule has 3 heterocycles. The summed E-state index contributed by atoms with van der Waals surface area (Å²) in [6.45, 7) is 0.940. The minimum atomic E-state index is -0.631. The van der Waals surface area contributed by atoms with Crippen molar-refractivity contribution in [2.45, 2.75) is 19.4 Å². The molecule has 0 aliphatic carbocycles. The number of nitrogens with one attached hydrogen (secondary N) is 3. The SMILES string of the molecule is O=C1NCCCCNc2nc(c(O)c3ncccc23)C(=O)NCc2ccc(F)cc21. The van der Waals surface area contributed by atoms with Crippen molar-refractivity contribution >= 4 is 28.5 Å². The van der Waals surface area contributed by atoms with Crippen LogP contribution in [0.1, 0.15) is 39.3 Å². The Balaban J connectivity index is 1.74. The third kappa shape index (κ3) is 3.86. The van der Waals surface area contributed by atoms with Gasteiger partial charge in [-0.2, -0.15) is 0 Å². The lowest BCUT2D eigenvalue weighted by atomic mass is 10.1. The molecule has 3 aromatic rings. The zero-order valence-electron chi connectivity index (χ0n) is 16.0. The molecule has 2 amide bonds. The number of benzene rings is 1. The minimum Gasteiger partial charge on any atom is -0.504 e.